The summed E-state index contributed by atoms with van der Waals surface area (Å²) in [5.74, 6) is -0.0771. The van der Waals surface area contributed by atoms with E-state index in [-0.39, 0.29) is 11.0 Å². The van der Waals surface area contributed by atoms with Gasteiger partial charge in [-0.25, -0.2) is 0 Å². The fraction of sp³-hybridized carbons (Fsp3) is 0.950. The summed E-state index contributed by atoms with van der Waals surface area (Å²) in [4.78, 5) is 14.6. The van der Waals surface area contributed by atoms with Gasteiger partial charge in [0, 0.05) is 32.4 Å². The zero-order chi connectivity index (χ0) is 21.8. The zero-order valence-corrected chi connectivity index (χ0v) is 21.9. The molecule has 0 heterocycles. The third kappa shape index (κ3) is 9.98. The van der Waals surface area contributed by atoms with Gasteiger partial charge in [-0.3, -0.25) is 4.79 Å². The highest BCUT2D eigenvalue weighted by Crippen LogP contribution is 2.36. The molecule has 0 aliphatic heterocycles. The maximum absolute atomic E-state index is 12.3. The van der Waals surface area contributed by atoms with Gasteiger partial charge in [-0.05, 0) is 58.4 Å². The molecule has 8 heteroatoms. The number of hydrogen-bond donors (Lipinski definition) is 0. The highest BCUT2D eigenvalue weighted by atomic mass is 28.4. The van der Waals surface area contributed by atoms with E-state index in [2.05, 4.69) is 45.7 Å². The average Bonchev–Trinajstić information content (AvgIpc) is 2.57. The fourth-order valence-corrected chi connectivity index (χ4v) is 6.26. The van der Waals surface area contributed by atoms with Crippen LogP contribution in [0.4, 0.5) is 0 Å². The Morgan fingerprint density at radius 2 is 1.39 bits per heavy atom. The van der Waals surface area contributed by atoms with Gasteiger partial charge in [-0.2, -0.15) is 0 Å². The van der Waals surface area contributed by atoms with Gasteiger partial charge in [0.2, 0.25) is 0 Å². The quantitative estimate of drug-likeness (QED) is 0.348. The van der Waals surface area contributed by atoms with Crippen molar-refractivity contribution in [2.75, 3.05) is 39.5 Å². The van der Waals surface area contributed by atoms with Gasteiger partial charge in [-0.15, -0.1) is 0 Å². The van der Waals surface area contributed by atoms with E-state index in [1.165, 1.54) is 0 Å². The van der Waals surface area contributed by atoms with Crippen LogP contribution in [0.1, 0.15) is 61.3 Å². The second-order valence-corrected chi connectivity index (χ2v) is 16.0. The monoisotopic (exact) mass is 435 g/mol. The summed E-state index contributed by atoms with van der Waals surface area (Å²) in [6.07, 6.45) is 1.36. The summed E-state index contributed by atoms with van der Waals surface area (Å²) in [6, 6.07) is 0.799. The maximum atomic E-state index is 12.3. The minimum absolute atomic E-state index is 0.0406. The van der Waals surface area contributed by atoms with Crippen LogP contribution in [0.3, 0.4) is 0 Å². The average molecular weight is 436 g/mol. The molecule has 0 saturated heterocycles. The Kier molecular flexibility index (Phi) is 13.0. The normalized spacial score (nSPS) is 13.2. The minimum atomic E-state index is -2.59. The zero-order valence-electron chi connectivity index (χ0n) is 19.9. The van der Waals surface area contributed by atoms with Gasteiger partial charge < -0.3 is 22.6 Å². The van der Waals surface area contributed by atoms with Crippen LogP contribution in [0, 0.1) is 0 Å². The molecule has 0 aromatic heterocycles. The molecule has 0 spiro atoms. The Morgan fingerprint density at radius 1 is 0.893 bits per heavy atom. The first-order valence-corrected chi connectivity index (χ1v) is 15.7. The van der Waals surface area contributed by atoms with Crippen molar-refractivity contribution in [1.82, 2.24) is 4.90 Å². The first-order chi connectivity index (χ1) is 13.0. The largest absolute Gasteiger partial charge is 0.519 e. The van der Waals surface area contributed by atoms with Gasteiger partial charge in [0.05, 0.1) is 6.42 Å². The van der Waals surface area contributed by atoms with Crippen molar-refractivity contribution in [3.05, 3.63) is 0 Å². The summed E-state index contributed by atoms with van der Waals surface area (Å²) in [6.45, 7) is 23.0. The van der Waals surface area contributed by atoms with Gasteiger partial charge in [0.1, 0.15) is 0 Å². The van der Waals surface area contributed by atoms with Crippen LogP contribution in [-0.4, -0.2) is 67.4 Å². The van der Waals surface area contributed by atoms with E-state index in [9.17, 15) is 4.79 Å². The van der Waals surface area contributed by atoms with Crippen LogP contribution in [0.2, 0.25) is 24.2 Å². The summed E-state index contributed by atoms with van der Waals surface area (Å²) < 4.78 is 23.6. The molecule has 0 amide bonds. The lowest BCUT2D eigenvalue weighted by Crippen LogP contribution is -2.46. The van der Waals surface area contributed by atoms with Crippen LogP contribution in [0.5, 0.6) is 0 Å². The first kappa shape index (κ1) is 27.7. The van der Waals surface area contributed by atoms with Gasteiger partial charge >= 0.3 is 8.80 Å². The summed E-state index contributed by atoms with van der Waals surface area (Å²) in [7, 11) is -4.63. The van der Waals surface area contributed by atoms with Crippen molar-refractivity contribution < 1.29 is 22.5 Å². The highest BCUT2D eigenvalue weighted by Gasteiger charge is 2.41. The van der Waals surface area contributed by atoms with Crippen molar-refractivity contribution in [3.63, 3.8) is 0 Å². The molecular formula is C20H45NO5Si2. The lowest BCUT2D eigenvalue weighted by molar-refractivity contribution is -0.135. The number of carbonyl (C=O) groups excluding carboxylic acids is 1. The molecule has 0 aromatic rings. The number of carbonyl (C=O) groups is 1. The Bertz CT molecular complexity index is 424. The lowest BCUT2D eigenvalue weighted by Gasteiger charge is -2.35. The fourth-order valence-electron chi connectivity index (χ4n) is 2.69. The summed E-state index contributed by atoms with van der Waals surface area (Å²) >= 11 is 0. The van der Waals surface area contributed by atoms with E-state index in [4.69, 9.17) is 17.7 Å². The molecule has 0 aromatic carbocycles. The SMILES string of the molecule is CCO[Si](CCCN(CC)CCC(=O)O[Si](C)(C)C(C)(C)C)(OCC)OCC. The highest BCUT2D eigenvalue weighted by molar-refractivity contribution is 6.75. The Hall–Kier alpha value is -0.256. The Labute approximate surface area is 175 Å². The minimum Gasteiger partial charge on any atom is -0.519 e. The predicted molar refractivity (Wildman–Crippen MR) is 120 cm³/mol. The molecule has 0 rings (SSSR count). The third-order valence-electron chi connectivity index (χ3n) is 5.30. The van der Waals surface area contributed by atoms with Crippen molar-refractivity contribution in [3.8, 4) is 0 Å². The van der Waals surface area contributed by atoms with E-state index in [0.29, 0.717) is 26.2 Å². The standard InChI is InChI=1S/C20H45NO5Si2/c1-10-21(17-15-19(22)26-27(8,9)20(5,6)7)16-14-18-28(23-11-2,24-12-3)25-13-4/h10-18H2,1-9H3. The summed E-state index contributed by atoms with van der Waals surface area (Å²) in [5, 5.41) is 0.0406. The molecule has 0 fully saturated rings. The lowest BCUT2D eigenvalue weighted by atomic mass is 10.2. The van der Waals surface area contributed by atoms with Gasteiger partial charge in [-0.1, -0.05) is 27.7 Å². The molecule has 0 atom stereocenters. The van der Waals surface area contributed by atoms with Gasteiger partial charge in [0.15, 0.2) is 0 Å². The van der Waals surface area contributed by atoms with Crippen LogP contribution in [0.15, 0.2) is 0 Å². The second kappa shape index (κ2) is 13.1. The molecule has 0 aliphatic rings. The van der Waals surface area contributed by atoms with Gasteiger partial charge in [0.25, 0.3) is 14.3 Å². The maximum Gasteiger partial charge on any atom is 0.500 e. The molecule has 0 saturated carbocycles. The van der Waals surface area contributed by atoms with E-state index >= 15 is 0 Å². The van der Waals surface area contributed by atoms with Crippen molar-refractivity contribution >= 4 is 23.1 Å². The molecule has 0 radical (unpaired) electrons. The molecule has 28 heavy (non-hydrogen) atoms. The van der Waals surface area contributed by atoms with E-state index in [1.54, 1.807) is 0 Å². The summed E-state index contributed by atoms with van der Waals surface area (Å²) in [5.41, 5.74) is 0. The molecule has 0 unspecified atom stereocenters. The first-order valence-electron chi connectivity index (χ1n) is 10.8. The topological polar surface area (TPSA) is 57.2 Å². The number of rotatable bonds is 15. The van der Waals surface area contributed by atoms with E-state index in [1.807, 2.05) is 20.8 Å². The molecular weight excluding hydrogens is 390 g/mol. The Morgan fingerprint density at radius 3 is 1.79 bits per heavy atom. The Balaban J connectivity index is 4.56. The number of hydrogen-bond acceptors (Lipinski definition) is 6. The van der Waals surface area contributed by atoms with Crippen molar-refractivity contribution in [2.24, 2.45) is 0 Å². The van der Waals surface area contributed by atoms with Crippen LogP contribution in [0.25, 0.3) is 0 Å². The molecule has 168 valence electrons. The number of nitrogens with zero attached hydrogens (tertiary/aromatic N) is 1. The predicted octanol–water partition coefficient (Wildman–Crippen LogP) is 4.69. The molecule has 0 N–H and O–H groups in total. The van der Waals surface area contributed by atoms with Crippen LogP contribution < -0.4 is 0 Å². The van der Waals surface area contributed by atoms with Crippen LogP contribution >= 0.6 is 0 Å². The third-order valence-corrected chi connectivity index (χ3v) is 12.8. The molecule has 0 aliphatic carbocycles. The van der Waals surface area contributed by atoms with E-state index in [0.717, 1.165) is 32.1 Å². The van der Waals surface area contributed by atoms with Crippen LogP contribution in [-0.2, 0) is 22.5 Å². The molecule has 6 nitrogen and oxygen atoms in total. The second-order valence-electron chi connectivity index (χ2n) is 8.50. The smallest absolute Gasteiger partial charge is 0.500 e. The van der Waals surface area contributed by atoms with E-state index < -0.39 is 17.1 Å². The van der Waals surface area contributed by atoms with Crippen molar-refractivity contribution in [1.29, 1.82) is 0 Å². The molecule has 0 bridgehead atoms. The van der Waals surface area contributed by atoms with Crippen molar-refractivity contribution in [2.45, 2.75) is 85.5 Å².